The lowest BCUT2D eigenvalue weighted by Gasteiger charge is -2.08. The van der Waals surface area contributed by atoms with Crippen molar-refractivity contribution in [3.63, 3.8) is 0 Å². The van der Waals surface area contributed by atoms with E-state index in [1.807, 2.05) is 31.2 Å². The fourth-order valence-electron chi connectivity index (χ4n) is 1.76. The molecule has 21 heavy (non-hydrogen) atoms. The minimum Gasteiger partial charge on any atom is -0.362 e. The van der Waals surface area contributed by atoms with Gasteiger partial charge in [-0.2, -0.15) is 19.0 Å². The van der Waals surface area contributed by atoms with Gasteiger partial charge in [-0.15, -0.1) is 0 Å². The Balaban J connectivity index is 0.000000383. The van der Waals surface area contributed by atoms with Crippen LogP contribution in [0.3, 0.4) is 0 Å². The molecule has 1 aliphatic rings. The maximum atomic E-state index is 11.7. The van der Waals surface area contributed by atoms with E-state index in [1.165, 1.54) is 12.8 Å². The third-order valence-electron chi connectivity index (χ3n) is 2.78. The summed E-state index contributed by atoms with van der Waals surface area (Å²) in [4.78, 5) is 17.7. The molecule has 1 aromatic carbocycles. The van der Waals surface area contributed by atoms with Crippen LogP contribution in [-0.2, 0) is 0 Å². The monoisotopic (exact) mass is 316 g/mol. The largest absolute Gasteiger partial charge is 0.362 e. The fraction of sp³-hybridized carbons (Fsp3) is 0.385. The van der Waals surface area contributed by atoms with Gasteiger partial charge >= 0.3 is 0 Å². The summed E-state index contributed by atoms with van der Waals surface area (Å²) < 4.78 is 32.7. The van der Waals surface area contributed by atoms with Gasteiger partial charge in [-0.05, 0) is 31.9 Å². The predicted octanol–water partition coefficient (Wildman–Crippen LogP) is -1.86. The molecule has 1 heterocycles. The van der Waals surface area contributed by atoms with E-state index >= 15 is 0 Å². The Labute approximate surface area is 124 Å². The van der Waals surface area contributed by atoms with Gasteiger partial charge in [0.05, 0.1) is 21.2 Å². The first-order chi connectivity index (χ1) is 9.75. The van der Waals surface area contributed by atoms with E-state index in [0.717, 1.165) is 18.7 Å². The van der Waals surface area contributed by atoms with E-state index in [2.05, 4.69) is 9.89 Å². The highest BCUT2D eigenvalue weighted by atomic mass is 35.7. The number of amides is 1. The molecule has 0 aliphatic carbocycles. The summed E-state index contributed by atoms with van der Waals surface area (Å²) in [6, 6.07) is 7.50. The van der Waals surface area contributed by atoms with E-state index in [1.54, 1.807) is 6.34 Å². The highest BCUT2D eigenvalue weighted by Crippen LogP contribution is 2.06. The zero-order chi connectivity index (χ0) is 15.9. The lowest BCUT2D eigenvalue weighted by atomic mass is 10.1. The Morgan fingerprint density at radius 1 is 1.24 bits per heavy atom. The number of carbonyl (C=O) groups is 1. The van der Waals surface area contributed by atoms with Gasteiger partial charge in [0, 0.05) is 18.7 Å². The highest BCUT2D eigenvalue weighted by molar-refractivity contribution is 5.98. The summed E-state index contributed by atoms with van der Waals surface area (Å²) in [5.41, 5.74) is 1.81. The van der Waals surface area contributed by atoms with E-state index in [-0.39, 0.29) is 5.91 Å². The molecule has 1 aromatic rings. The van der Waals surface area contributed by atoms with Crippen LogP contribution >= 0.6 is 0 Å². The van der Waals surface area contributed by atoms with Crippen molar-refractivity contribution in [3.05, 3.63) is 35.4 Å². The second-order valence-electron chi connectivity index (χ2n) is 4.55. The number of hydrogen-bond donors (Lipinski definition) is 1. The third kappa shape index (κ3) is 8.38. The molecule has 0 saturated carbocycles. The van der Waals surface area contributed by atoms with Crippen LogP contribution in [0.5, 0.6) is 0 Å². The summed E-state index contributed by atoms with van der Waals surface area (Å²) in [6.45, 7) is 4.04. The third-order valence-corrected chi connectivity index (χ3v) is 2.78. The van der Waals surface area contributed by atoms with Crippen molar-refractivity contribution in [2.45, 2.75) is 19.8 Å². The smallest absolute Gasteiger partial charge is 0.278 e. The van der Waals surface area contributed by atoms with Crippen LogP contribution in [0.25, 0.3) is 0 Å². The van der Waals surface area contributed by atoms with Crippen molar-refractivity contribution < 1.29 is 33.7 Å². The summed E-state index contributed by atoms with van der Waals surface area (Å²) in [6.07, 6.45) is 4.07. The molecule has 1 saturated heterocycles. The summed E-state index contributed by atoms with van der Waals surface area (Å²) in [5, 5.41) is 0. The number of benzene rings is 1. The lowest BCUT2D eigenvalue weighted by molar-refractivity contribution is -1.92. The van der Waals surface area contributed by atoms with Gasteiger partial charge in [0.1, 0.15) is 0 Å². The van der Waals surface area contributed by atoms with Crippen LogP contribution in [0.4, 0.5) is 0 Å². The van der Waals surface area contributed by atoms with Crippen LogP contribution in [-0.4, -0.2) is 34.9 Å². The molecule has 0 atom stereocenters. The van der Waals surface area contributed by atoms with Crippen molar-refractivity contribution in [2.75, 3.05) is 13.1 Å². The fourth-order valence-corrected chi connectivity index (χ4v) is 1.76. The van der Waals surface area contributed by atoms with E-state index in [9.17, 15) is 4.79 Å². The van der Waals surface area contributed by atoms with Gasteiger partial charge in [0.25, 0.3) is 5.91 Å². The highest BCUT2D eigenvalue weighted by Gasteiger charge is 2.08. The van der Waals surface area contributed by atoms with Crippen molar-refractivity contribution in [1.29, 1.82) is 0 Å². The van der Waals surface area contributed by atoms with E-state index < -0.39 is 10.2 Å². The van der Waals surface area contributed by atoms with E-state index in [0.29, 0.717) is 5.56 Å². The first-order valence-electron chi connectivity index (χ1n) is 6.28. The standard InChI is InChI=1S/C13H16N2O.ClHO4/c1-11-4-6-12(7-5-11)13(16)14-10-15-8-2-3-9-15;2-1(3,4)5/h4-7,10H,2-3,8-9H2,1H3;(H,2,3,4,5). The summed E-state index contributed by atoms with van der Waals surface area (Å²) in [7, 11) is -4.69. The Morgan fingerprint density at radius 2 is 1.71 bits per heavy atom. The Hall–Kier alpha value is -1.51. The molecule has 1 aliphatic heterocycles. The first-order valence-corrected chi connectivity index (χ1v) is 7.54. The van der Waals surface area contributed by atoms with E-state index in [4.69, 9.17) is 18.6 Å². The molecular weight excluding hydrogens is 300 g/mol. The molecule has 1 fully saturated rings. The number of rotatable bonds is 2. The van der Waals surface area contributed by atoms with Gasteiger partial charge < -0.3 is 4.90 Å². The molecule has 8 heteroatoms. The zero-order valence-corrected chi connectivity index (χ0v) is 12.3. The molecule has 1 N–H and O–H groups in total. The number of carbonyl (C=O) groups excluding carboxylic acids is 1. The minimum atomic E-state index is -4.69. The number of likely N-dealkylation sites (tertiary alicyclic amines) is 1. The average molecular weight is 317 g/mol. The lowest BCUT2D eigenvalue weighted by Crippen LogP contribution is -2.58. The second-order valence-corrected chi connectivity index (χ2v) is 5.35. The van der Waals surface area contributed by atoms with Crippen molar-refractivity contribution >= 4 is 12.2 Å². The van der Waals surface area contributed by atoms with Gasteiger partial charge in [0.2, 0.25) is 0 Å². The Kier molecular flexibility index (Phi) is 6.73. The first kappa shape index (κ1) is 17.5. The maximum absolute atomic E-state index is 11.7. The molecule has 0 spiro atoms. The van der Waals surface area contributed by atoms with Crippen LogP contribution in [0.2, 0.25) is 0 Å². The van der Waals surface area contributed by atoms with Crippen molar-refractivity contribution in [3.8, 4) is 0 Å². The van der Waals surface area contributed by atoms with Gasteiger partial charge in [-0.3, -0.25) is 4.79 Å². The van der Waals surface area contributed by atoms with Gasteiger partial charge in [0.15, 0.2) is 0 Å². The van der Waals surface area contributed by atoms with Crippen LogP contribution in [0, 0.1) is 17.2 Å². The Morgan fingerprint density at radius 3 is 2.19 bits per heavy atom. The minimum absolute atomic E-state index is 0.160. The predicted molar refractivity (Wildman–Crippen MR) is 67.0 cm³/mol. The number of halogens is 1. The SMILES string of the molecule is Cc1ccc(C(=O)N=CN2CCCC2)cc1.[O-][Cl+3]([O-])([O-])O. The van der Waals surface area contributed by atoms with Crippen LogP contribution < -0.4 is 14.0 Å². The molecule has 0 unspecified atom stereocenters. The Bertz CT molecular complexity index is 472. The van der Waals surface area contributed by atoms with Crippen LogP contribution in [0.15, 0.2) is 29.3 Å². The number of nitrogens with zero attached hydrogens (tertiary/aromatic N) is 2. The summed E-state index contributed by atoms with van der Waals surface area (Å²) >= 11 is 0. The molecule has 0 bridgehead atoms. The zero-order valence-electron chi connectivity index (χ0n) is 11.6. The molecule has 1 amide bonds. The molecule has 0 radical (unpaired) electrons. The average Bonchev–Trinajstić information content (AvgIpc) is 2.88. The number of aryl methyl sites for hydroxylation is 1. The normalized spacial score (nSPS) is 15.0. The number of aliphatic imine (C=N–C) groups is 1. The maximum Gasteiger partial charge on any atom is 0.278 e. The van der Waals surface area contributed by atoms with Gasteiger partial charge in [-0.1, -0.05) is 17.7 Å². The second kappa shape index (κ2) is 8.06. The molecule has 2 rings (SSSR count). The molecule has 0 aromatic heterocycles. The summed E-state index contributed by atoms with van der Waals surface area (Å²) in [5.74, 6) is -0.160. The topological polar surface area (TPSA) is 122 Å². The number of hydrogen-bond acceptors (Lipinski definition) is 5. The quantitative estimate of drug-likeness (QED) is 0.504. The molecule has 7 nitrogen and oxygen atoms in total. The molecular formula is C13H17ClN2O5. The van der Waals surface area contributed by atoms with Crippen molar-refractivity contribution in [2.24, 2.45) is 4.99 Å². The van der Waals surface area contributed by atoms with Gasteiger partial charge in [-0.25, -0.2) is 0 Å². The van der Waals surface area contributed by atoms with Crippen molar-refractivity contribution in [1.82, 2.24) is 4.90 Å². The van der Waals surface area contributed by atoms with Crippen LogP contribution in [0.1, 0.15) is 28.8 Å². The molecule has 116 valence electrons.